The molecule has 0 fully saturated rings. The molecular weight excluding hydrogens is 488 g/mol. The summed E-state index contributed by atoms with van der Waals surface area (Å²) in [4.78, 5) is 17.7. The van der Waals surface area contributed by atoms with E-state index in [4.69, 9.17) is 23.2 Å². The largest absolute Gasteiger partial charge is 0.465 e. The number of halogens is 5. The van der Waals surface area contributed by atoms with Gasteiger partial charge >= 0.3 is 12.3 Å². The highest BCUT2D eigenvalue weighted by Gasteiger charge is 2.58. The van der Waals surface area contributed by atoms with Crippen molar-refractivity contribution in [2.75, 3.05) is 6.54 Å². The number of hydrogen-bond donors (Lipinski definition) is 1. The lowest BCUT2D eigenvalue weighted by Gasteiger charge is -2.38. The summed E-state index contributed by atoms with van der Waals surface area (Å²) < 4.78 is 43.1. The number of fused-ring (bicyclic) bond motifs is 1. The molecule has 2 aliphatic rings. The van der Waals surface area contributed by atoms with E-state index in [1.165, 1.54) is 23.1 Å². The van der Waals surface area contributed by atoms with Crippen LogP contribution in [0.4, 0.5) is 18.0 Å². The fourth-order valence-corrected chi connectivity index (χ4v) is 5.65. The molecule has 1 N–H and O–H groups in total. The Morgan fingerprint density at radius 1 is 1.12 bits per heavy atom. The lowest BCUT2D eigenvalue weighted by atomic mass is 9.76. The highest BCUT2D eigenvalue weighted by Crippen LogP contribution is 2.49. The van der Waals surface area contributed by atoms with E-state index in [2.05, 4.69) is 4.99 Å². The van der Waals surface area contributed by atoms with Gasteiger partial charge in [-0.15, -0.1) is 0 Å². The Labute approximate surface area is 206 Å². The molecule has 9 heteroatoms. The predicted molar refractivity (Wildman–Crippen MR) is 127 cm³/mol. The van der Waals surface area contributed by atoms with Gasteiger partial charge in [0.2, 0.25) is 0 Å². The van der Waals surface area contributed by atoms with Gasteiger partial charge in [0.25, 0.3) is 0 Å². The maximum Gasteiger partial charge on any atom is 0.408 e. The molecule has 4 rings (SSSR count). The van der Waals surface area contributed by atoms with Crippen molar-refractivity contribution in [1.82, 2.24) is 4.90 Å². The van der Waals surface area contributed by atoms with Crippen LogP contribution in [-0.2, 0) is 11.8 Å². The third-order valence-electron chi connectivity index (χ3n) is 6.73. The van der Waals surface area contributed by atoms with Gasteiger partial charge in [-0.3, -0.25) is 9.89 Å². The van der Waals surface area contributed by atoms with E-state index in [1.54, 1.807) is 6.07 Å². The van der Waals surface area contributed by atoms with Crippen LogP contribution in [0.3, 0.4) is 0 Å². The Bertz CT molecular complexity index is 1150. The van der Waals surface area contributed by atoms with Crippen LogP contribution < -0.4 is 0 Å². The van der Waals surface area contributed by atoms with E-state index < -0.39 is 29.8 Å². The maximum absolute atomic E-state index is 14.4. The minimum absolute atomic E-state index is 0.000230. The smallest absolute Gasteiger partial charge is 0.408 e. The van der Waals surface area contributed by atoms with Crippen LogP contribution in [0.1, 0.15) is 61.9 Å². The standard InChI is InChI=1S/C25H25Cl2F3N2O2/c1-23(2,3)32(22(33)34)21-7-5-14-8-15(4-6-19(14)21)20-12-24(13-31-20,25(28,29)30)16-9-17(26)11-18(27)10-16/h4,6,8-11,21H,5,7,12-13H2,1-3H3,(H,33,34). The van der Waals surface area contributed by atoms with Gasteiger partial charge in [-0.1, -0.05) is 35.3 Å². The number of aryl methyl sites for hydroxylation is 1. The number of benzene rings is 2. The zero-order valence-electron chi connectivity index (χ0n) is 19.0. The summed E-state index contributed by atoms with van der Waals surface area (Å²) in [6, 6.07) is 9.15. The highest BCUT2D eigenvalue weighted by molar-refractivity contribution is 6.34. The molecule has 0 bridgehead atoms. The second-order valence-electron chi connectivity index (χ2n) is 9.97. The van der Waals surface area contributed by atoms with Crippen molar-refractivity contribution < 1.29 is 23.1 Å². The normalized spacial score (nSPS) is 22.5. The lowest BCUT2D eigenvalue weighted by Crippen LogP contribution is -2.46. The van der Waals surface area contributed by atoms with Crippen LogP contribution in [0.15, 0.2) is 41.4 Å². The molecule has 0 aromatic heterocycles. The first-order chi connectivity index (χ1) is 15.7. The molecular formula is C25H25Cl2F3N2O2. The third kappa shape index (κ3) is 4.29. The van der Waals surface area contributed by atoms with Gasteiger partial charge in [0.1, 0.15) is 5.41 Å². The van der Waals surface area contributed by atoms with Crippen molar-refractivity contribution in [3.05, 3.63) is 68.7 Å². The van der Waals surface area contributed by atoms with Crippen molar-refractivity contribution in [2.24, 2.45) is 4.99 Å². The second kappa shape index (κ2) is 8.45. The first-order valence-electron chi connectivity index (χ1n) is 10.9. The quantitative estimate of drug-likeness (QED) is 0.464. The van der Waals surface area contributed by atoms with Crippen molar-refractivity contribution >= 4 is 35.0 Å². The molecule has 0 radical (unpaired) electrons. The monoisotopic (exact) mass is 512 g/mol. The van der Waals surface area contributed by atoms with Crippen LogP contribution in [0.2, 0.25) is 10.0 Å². The number of hydrogen-bond acceptors (Lipinski definition) is 2. The van der Waals surface area contributed by atoms with E-state index in [1.807, 2.05) is 32.9 Å². The Balaban J connectivity index is 1.67. The molecule has 1 heterocycles. The SMILES string of the molecule is CC(C)(C)N(C(=O)O)C1CCc2cc(C3=NCC(c4cc(Cl)cc(Cl)c4)(C(F)(F)F)C3)ccc21. The van der Waals surface area contributed by atoms with Gasteiger partial charge < -0.3 is 5.11 Å². The van der Waals surface area contributed by atoms with E-state index >= 15 is 0 Å². The summed E-state index contributed by atoms with van der Waals surface area (Å²) in [5.41, 5.74) is 0.0303. The summed E-state index contributed by atoms with van der Waals surface area (Å²) in [5, 5.41) is 10.1. The number of rotatable bonds is 3. The van der Waals surface area contributed by atoms with Crippen LogP contribution in [0.25, 0.3) is 0 Å². The third-order valence-corrected chi connectivity index (χ3v) is 7.17. The van der Waals surface area contributed by atoms with Gasteiger partial charge in [-0.2, -0.15) is 13.2 Å². The van der Waals surface area contributed by atoms with Crippen molar-refractivity contribution in [3.8, 4) is 0 Å². The molecule has 1 aliphatic heterocycles. The lowest BCUT2D eigenvalue weighted by molar-refractivity contribution is -0.183. The maximum atomic E-state index is 14.4. The Kier molecular flexibility index (Phi) is 6.18. The Morgan fingerprint density at radius 2 is 1.76 bits per heavy atom. The zero-order chi connectivity index (χ0) is 25.1. The van der Waals surface area contributed by atoms with Gasteiger partial charge in [-0.25, -0.2) is 4.79 Å². The molecule has 0 spiro atoms. The minimum Gasteiger partial charge on any atom is -0.465 e. The first-order valence-corrected chi connectivity index (χ1v) is 11.7. The van der Waals surface area contributed by atoms with E-state index in [-0.39, 0.29) is 28.1 Å². The molecule has 1 aliphatic carbocycles. The van der Waals surface area contributed by atoms with Gasteiger partial charge in [0.15, 0.2) is 0 Å². The van der Waals surface area contributed by atoms with Crippen molar-refractivity contribution in [1.29, 1.82) is 0 Å². The molecule has 4 nitrogen and oxygen atoms in total. The average Bonchev–Trinajstić information content (AvgIpc) is 3.31. The molecule has 0 saturated heterocycles. The van der Waals surface area contributed by atoms with Crippen LogP contribution in [0, 0.1) is 0 Å². The summed E-state index contributed by atoms with van der Waals surface area (Å²) >= 11 is 12.0. The minimum atomic E-state index is -4.55. The average molecular weight is 513 g/mol. The molecule has 2 aromatic rings. The number of alkyl halides is 3. The fraction of sp³-hybridized carbons (Fsp3) is 0.440. The number of amides is 1. The van der Waals surface area contributed by atoms with Crippen LogP contribution in [0.5, 0.6) is 0 Å². The number of aliphatic imine (C=N–C) groups is 1. The molecule has 0 saturated carbocycles. The zero-order valence-corrected chi connectivity index (χ0v) is 20.5. The number of carbonyl (C=O) groups is 1. The Morgan fingerprint density at radius 3 is 2.32 bits per heavy atom. The summed E-state index contributed by atoms with van der Waals surface area (Å²) in [6.45, 7) is 5.09. The fourth-order valence-electron chi connectivity index (χ4n) is 5.13. The number of nitrogens with zero attached hydrogens (tertiary/aromatic N) is 2. The van der Waals surface area contributed by atoms with Gasteiger partial charge in [0, 0.05) is 27.7 Å². The van der Waals surface area contributed by atoms with E-state index in [0.717, 1.165) is 11.1 Å². The first kappa shape index (κ1) is 24.9. The predicted octanol–water partition coefficient (Wildman–Crippen LogP) is 7.45. The number of carboxylic acid groups (broad SMARTS) is 1. The summed E-state index contributed by atoms with van der Waals surface area (Å²) in [5.74, 6) is 0. The molecule has 2 aromatic carbocycles. The topological polar surface area (TPSA) is 52.9 Å². The van der Waals surface area contributed by atoms with E-state index in [0.29, 0.717) is 24.1 Å². The van der Waals surface area contributed by atoms with Crippen molar-refractivity contribution in [3.63, 3.8) is 0 Å². The van der Waals surface area contributed by atoms with Crippen molar-refractivity contribution in [2.45, 2.75) is 63.2 Å². The molecule has 34 heavy (non-hydrogen) atoms. The summed E-state index contributed by atoms with van der Waals surface area (Å²) in [7, 11) is 0. The van der Waals surface area contributed by atoms with E-state index in [9.17, 15) is 23.1 Å². The van der Waals surface area contributed by atoms with Crippen LogP contribution >= 0.6 is 23.2 Å². The molecule has 2 unspecified atom stereocenters. The Hall–Kier alpha value is -2.25. The highest BCUT2D eigenvalue weighted by atomic mass is 35.5. The molecule has 182 valence electrons. The van der Waals surface area contributed by atoms with Crippen LogP contribution in [-0.4, -0.2) is 40.1 Å². The molecule has 2 atom stereocenters. The van der Waals surface area contributed by atoms with Gasteiger partial charge in [-0.05, 0) is 80.1 Å². The van der Waals surface area contributed by atoms with Gasteiger partial charge in [0.05, 0.1) is 12.6 Å². The molecule has 1 amide bonds. The summed E-state index contributed by atoms with van der Waals surface area (Å²) in [6.07, 6.45) is -4.59. The second-order valence-corrected chi connectivity index (χ2v) is 10.8.